The zero-order valence-electron chi connectivity index (χ0n) is 30.4. The molecular weight excluding hydrogens is 622 g/mol. The Morgan fingerprint density at radius 1 is 0.604 bits per heavy atom. The Morgan fingerprint density at radius 2 is 1.00 bits per heavy atom. The lowest BCUT2D eigenvalue weighted by Crippen LogP contribution is -2.52. The minimum absolute atomic E-state index is 0.113. The SMILES string of the molecule is CC(C)(C)OC(=O)N1CCN(C(=O)CCCCCNC(=O)n2ccnc2)CCN(C(=O)OC(C)(C)C)CCN(C(=O)OC(C)(C)C)CC1. The van der Waals surface area contributed by atoms with Crippen molar-refractivity contribution in [2.75, 3.05) is 58.9 Å². The van der Waals surface area contributed by atoms with Crippen LogP contribution in [0, 0.1) is 0 Å². The highest BCUT2D eigenvalue weighted by molar-refractivity contribution is 5.77. The molecule has 15 nitrogen and oxygen atoms in total. The van der Waals surface area contributed by atoms with E-state index >= 15 is 0 Å². The largest absolute Gasteiger partial charge is 0.444 e. The van der Waals surface area contributed by atoms with Crippen LogP contribution in [-0.2, 0) is 19.0 Å². The molecule has 0 spiro atoms. The number of aromatic nitrogens is 2. The van der Waals surface area contributed by atoms with E-state index in [1.54, 1.807) is 73.4 Å². The van der Waals surface area contributed by atoms with Crippen molar-refractivity contribution < 1.29 is 38.2 Å². The van der Waals surface area contributed by atoms with Gasteiger partial charge in [0.15, 0.2) is 0 Å². The van der Waals surface area contributed by atoms with E-state index in [2.05, 4.69) is 10.3 Å². The molecule has 0 aromatic carbocycles. The van der Waals surface area contributed by atoms with Gasteiger partial charge >= 0.3 is 24.3 Å². The Kier molecular flexibility index (Phi) is 15.0. The molecule has 1 saturated heterocycles. The maximum Gasteiger partial charge on any atom is 0.410 e. The maximum atomic E-state index is 13.5. The Morgan fingerprint density at radius 3 is 1.35 bits per heavy atom. The lowest BCUT2D eigenvalue weighted by Gasteiger charge is -2.36. The number of ether oxygens (including phenoxy) is 3. The van der Waals surface area contributed by atoms with Crippen LogP contribution in [-0.4, -0.2) is 135 Å². The molecule has 1 aliphatic rings. The highest BCUT2D eigenvalue weighted by atomic mass is 16.6. The van der Waals surface area contributed by atoms with Crippen molar-refractivity contribution in [3.8, 4) is 0 Å². The third kappa shape index (κ3) is 15.7. The third-order valence-corrected chi connectivity index (χ3v) is 6.95. The number of carbonyl (C=O) groups excluding carboxylic acids is 5. The van der Waals surface area contributed by atoms with Crippen LogP contribution in [0.5, 0.6) is 0 Å². The van der Waals surface area contributed by atoms with Crippen molar-refractivity contribution >= 4 is 30.2 Å². The van der Waals surface area contributed by atoms with Crippen LogP contribution in [0.4, 0.5) is 19.2 Å². The third-order valence-electron chi connectivity index (χ3n) is 6.95. The molecule has 1 aromatic rings. The maximum absolute atomic E-state index is 13.5. The zero-order valence-corrected chi connectivity index (χ0v) is 30.4. The number of hydrogen-bond acceptors (Lipinski definition) is 9. The van der Waals surface area contributed by atoms with Gasteiger partial charge in [-0.2, -0.15) is 0 Å². The fourth-order valence-electron chi connectivity index (χ4n) is 4.59. The van der Waals surface area contributed by atoms with Crippen molar-refractivity contribution in [2.24, 2.45) is 0 Å². The smallest absolute Gasteiger partial charge is 0.410 e. The summed E-state index contributed by atoms with van der Waals surface area (Å²) in [4.78, 5) is 75.2. The summed E-state index contributed by atoms with van der Waals surface area (Å²) in [5.41, 5.74) is -2.23. The van der Waals surface area contributed by atoms with Crippen molar-refractivity contribution in [1.29, 1.82) is 0 Å². The minimum Gasteiger partial charge on any atom is -0.444 e. The number of imidazole rings is 1. The molecule has 1 fully saturated rings. The van der Waals surface area contributed by atoms with Crippen molar-refractivity contribution in [1.82, 2.24) is 34.5 Å². The number of unbranched alkanes of at least 4 members (excludes halogenated alkanes) is 2. The topological polar surface area (TPSA) is 156 Å². The molecule has 0 unspecified atom stereocenters. The fourth-order valence-corrected chi connectivity index (χ4v) is 4.59. The predicted molar refractivity (Wildman–Crippen MR) is 179 cm³/mol. The first-order valence-corrected chi connectivity index (χ1v) is 16.7. The van der Waals surface area contributed by atoms with Crippen LogP contribution >= 0.6 is 0 Å². The van der Waals surface area contributed by atoms with Gasteiger partial charge in [-0.3, -0.25) is 9.36 Å². The minimum atomic E-state index is -0.744. The van der Waals surface area contributed by atoms with E-state index in [0.717, 1.165) is 6.42 Å². The molecule has 0 radical (unpaired) electrons. The molecule has 272 valence electrons. The van der Waals surface area contributed by atoms with E-state index < -0.39 is 35.1 Å². The number of nitrogens with zero attached hydrogens (tertiary/aromatic N) is 6. The van der Waals surface area contributed by atoms with Gasteiger partial charge in [-0.25, -0.2) is 24.2 Å². The first kappa shape index (κ1) is 40.1. The van der Waals surface area contributed by atoms with E-state index in [-0.39, 0.29) is 70.7 Å². The number of rotatable bonds is 6. The number of amides is 5. The second-order valence-corrected chi connectivity index (χ2v) is 14.8. The monoisotopic (exact) mass is 679 g/mol. The van der Waals surface area contributed by atoms with E-state index in [9.17, 15) is 24.0 Å². The van der Waals surface area contributed by atoms with E-state index in [1.807, 2.05) is 0 Å². The van der Waals surface area contributed by atoms with Gasteiger partial charge in [0.2, 0.25) is 5.91 Å². The summed E-state index contributed by atoms with van der Waals surface area (Å²) in [6.45, 7) is 17.7. The molecular formula is C33H57N7O8. The van der Waals surface area contributed by atoms with Gasteiger partial charge in [-0.05, 0) is 75.2 Å². The second kappa shape index (κ2) is 17.9. The van der Waals surface area contributed by atoms with Crippen LogP contribution < -0.4 is 5.32 Å². The molecule has 1 N–H and O–H groups in total. The summed E-state index contributed by atoms with van der Waals surface area (Å²) < 4.78 is 18.3. The molecule has 15 heteroatoms. The van der Waals surface area contributed by atoms with Crippen molar-refractivity contribution in [3.63, 3.8) is 0 Å². The van der Waals surface area contributed by atoms with Gasteiger partial charge < -0.3 is 39.1 Å². The summed E-state index contributed by atoms with van der Waals surface area (Å²) in [6.07, 6.45) is 5.14. The molecule has 0 bridgehead atoms. The predicted octanol–water partition coefficient (Wildman–Crippen LogP) is 4.55. The highest BCUT2D eigenvalue weighted by Crippen LogP contribution is 2.15. The fraction of sp³-hybridized carbons (Fsp3) is 0.758. The second-order valence-electron chi connectivity index (χ2n) is 14.8. The Hall–Kier alpha value is -4.04. The van der Waals surface area contributed by atoms with E-state index in [1.165, 1.54) is 31.8 Å². The lowest BCUT2D eigenvalue weighted by atomic mass is 10.1. The van der Waals surface area contributed by atoms with Gasteiger partial charge in [0.1, 0.15) is 23.1 Å². The molecule has 1 aromatic heterocycles. The molecule has 5 amide bonds. The van der Waals surface area contributed by atoms with Crippen molar-refractivity contribution in [2.45, 2.75) is 105 Å². The van der Waals surface area contributed by atoms with Gasteiger partial charge in [0.25, 0.3) is 0 Å². The molecule has 0 saturated carbocycles. The molecule has 0 atom stereocenters. The van der Waals surface area contributed by atoms with Gasteiger partial charge in [-0.1, -0.05) is 6.42 Å². The lowest BCUT2D eigenvalue weighted by molar-refractivity contribution is -0.132. The first-order valence-electron chi connectivity index (χ1n) is 16.7. The Balaban J connectivity index is 2.18. The quantitative estimate of drug-likeness (QED) is 0.337. The number of hydrogen-bond donors (Lipinski definition) is 1. The Bertz CT molecular complexity index is 1160. The summed E-state index contributed by atoms with van der Waals surface area (Å²) in [6, 6.07) is -0.263. The van der Waals surface area contributed by atoms with Gasteiger partial charge in [0, 0.05) is 77.7 Å². The van der Waals surface area contributed by atoms with E-state index in [0.29, 0.717) is 19.4 Å². The summed E-state index contributed by atoms with van der Waals surface area (Å²) in [7, 11) is 0. The zero-order chi connectivity index (χ0) is 36.1. The number of nitrogens with one attached hydrogen (secondary N) is 1. The molecule has 1 aliphatic heterocycles. The molecule has 2 rings (SSSR count). The van der Waals surface area contributed by atoms with E-state index in [4.69, 9.17) is 14.2 Å². The summed E-state index contributed by atoms with van der Waals surface area (Å²) in [5, 5.41) is 2.82. The first-order chi connectivity index (χ1) is 22.2. The molecule has 2 heterocycles. The van der Waals surface area contributed by atoms with Crippen LogP contribution in [0.25, 0.3) is 0 Å². The van der Waals surface area contributed by atoms with Crippen LogP contribution in [0.2, 0.25) is 0 Å². The normalized spacial score (nSPS) is 15.6. The van der Waals surface area contributed by atoms with Gasteiger partial charge in [-0.15, -0.1) is 0 Å². The van der Waals surface area contributed by atoms with Crippen LogP contribution in [0.3, 0.4) is 0 Å². The highest BCUT2D eigenvalue weighted by Gasteiger charge is 2.30. The van der Waals surface area contributed by atoms with Gasteiger partial charge in [0.05, 0.1) is 0 Å². The summed E-state index contributed by atoms with van der Waals surface area (Å²) in [5.74, 6) is -0.113. The van der Waals surface area contributed by atoms with Crippen LogP contribution in [0.15, 0.2) is 18.7 Å². The average Bonchev–Trinajstić information content (AvgIpc) is 3.47. The molecule has 0 aliphatic carbocycles. The standard InChI is InChI=1S/C33H57N7O8/c1-31(2,3)46-28(43)37-19-17-36(26(41)13-11-10-12-14-35-27(42)40-16-15-34-25-40)18-20-38(29(44)47-32(4,5)6)22-24-39(23-21-37)30(45)48-33(7,8)9/h15-16,25H,10-14,17-24H2,1-9H3,(H,35,42). The molecule has 48 heavy (non-hydrogen) atoms. The Labute approximate surface area is 285 Å². The summed E-state index contributed by atoms with van der Waals surface area (Å²) >= 11 is 0. The number of carbonyl (C=O) groups is 5. The van der Waals surface area contributed by atoms with Crippen LogP contribution in [0.1, 0.15) is 88.0 Å². The average molecular weight is 680 g/mol. The van der Waals surface area contributed by atoms with Crippen molar-refractivity contribution in [3.05, 3.63) is 18.7 Å².